The van der Waals surface area contributed by atoms with Gasteiger partial charge in [-0.25, -0.2) is 0 Å². The number of fused-ring (bicyclic) bond motifs is 7. The molecule has 0 bridgehead atoms. The smallest absolute Gasteiger partial charge is 0.252 e. The first-order chi connectivity index (χ1) is 31.9. The van der Waals surface area contributed by atoms with Gasteiger partial charge in [0.25, 0.3) is 6.71 Å². The zero-order chi connectivity index (χ0) is 46.8. The maximum atomic E-state index is 2.66. The Hall–Kier alpha value is -6.78. The average Bonchev–Trinajstić information content (AvgIpc) is 3.54. The van der Waals surface area contributed by atoms with E-state index < -0.39 is 0 Å². The molecule has 0 saturated carbocycles. The van der Waals surface area contributed by atoms with Crippen LogP contribution in [0.4, 0.5) is 51.2 Å². The van der Waals surface area contributed by atoms with Gasteiger partial charge >= 0.3 is 0 Å². The third-order valence-corrected chi connectivity index (χ3v) is 14.9. The number of para-hydroxylation sites is 2. The molecule has 2 heterocycles. The van der Waals surface area contributed by atoms with E-state index in [1.165, 1.54) is 89.5 Å². The average molecular weight is 872 g/mol. The van der Waals surface area contributed by atoms with Crippen molar-refractivity contribution in [3.8, 4) is 11.1 Å². The van der Waals surface area contributed by atoms with Crippen LogP contribution in [0.1, 0.15) is 104 Å². The fourth-order valence-corrected chi connectivity index (χ4v) is 11.2. The summed E-state index contributed by atoms with van der Waals surface area (Å²) >= 11 is 0. The molecule has 11 rings (SSSR count). The van der Waals surface area contributed by atoms with Crippen molar-refractivity contribution in [1.82, 2.24) is 0 Å². The lowest BCUT2D eigenvalue weighted by Gasteiger charge is -2.46. The van der Waals surface area contributed by atoms with Gasteiger partial charge in [0.1, 0.15) is 0 Å². The predicted molar refractivity (Wildman–Crippen MR) is 289 cm³/mol. The van der Waals surface area contributed by atoms with E-state index in [1.54, 1.807) is 0 Å². The van der Waals surface area contributed by atoms with E-state index in [4.69, 9.17) is 0 Å². The third-order valence-electron chi connectivity index (χ3n) is 14.9. The summed E-state index contributed by atoms with van der Waals surface area (Å²) in [4.78, 5) is 7.65. The molecular formula is C63H62BN3. The minimum absolute atomic E-state index is 0.0240. The molecule has 4 heteroatoms. The number of hydrogen-bond donors (Lipinski definition) is 0. The maximum absolute atomic E-state index is 2.66. The molecule has 1 aliphatic carbocycles. The quantitative estimate of drug-likeness (QED) is 0.160. The lowest BCUT2D eigenvalue weighted by atomic mass is 9.33. The molecule has 0 unspecified atom stereocenters. The first-order valence-electron chi connectivity index (χ1n) is 24.2. The molecule has 3 nitrogen and oxygen atoms in total. The molecule has 0 saturated heterocycles. The minimum atomic E-state index is -0.159. The van der Waals surface area contributed by atoms with Gasteiger partial charge in [-0.1, -0.05) is 179 Å². The Bertz CT molecular complexity index is 3180. The summed E-state index contributed by atoms with van der Waals surface area (Å²) in [5, 5.41) is 0. The molecule has 0 spiro atoms. The highest BCUT2D eigenvalue weighted by Crippen LogP contribution is 2.56. The minimum Gasteiger partial charge on any atom is -0.311 e. The second-order valence-electron chi connectivity index (χ2n) is 22.7. The van der Waals surface area contributed by atoms with Crippen LogP contribution in [0.3, 0.4) is 0 Å². The molecule has 0 N–H and O–H groups in total. The van der Waals surface area contributed by atoms with Crippen LogP contribution in [0, 0.1) is 0 Å². The van der Waals surface area contributed by atoms with Gasteiger partial charge in [0.05, 0.1) is 5.69 Å². The Labute approximate surface area is 399 Å². The Morgan fingerprint density at radius 2 is 0.970 bits per heavy atom. The molecule has 8 aromatic rings. The molecule has 0 amide bonds. The van der Waals surface area contributed by atoms with Crippen molar-refractivity contribution in [3.63, 3.8) is 0 Å². The third kappa shape index (κ3) is 6.85. The standard InChI is InChI=1S/C63H62BN3/c1-60(2,3)41-29-32-46(33-30-41)66-53-36-31-42(61(4,5)6)37-52(53)64-51-35-34-47(65(44-21-14-12-15-22-44)45-23-16-13-17-24-45)40-55(51)67(57-39-43(62(7,8)9)38-56(66)59(57)64)54-28-20-27-50-58(54)48-25-18-19-26-49(48)63(50,10)11/h12-40H,1-11H3. The summed E-state index contributed by atoms with van der Waals surface area (Å²) in [6, 6.07) is 66.9. The molecule has 332 valence electrons. The molecule has 67 heavy (non-hydrogen) atoms. The molecule has 0 fully saturated rings. The van der Waals surface area contributed by atoms with Crippen LogP contribution in [-0.4, -0.2) is 6.71 Å². The first kappa shape index (κ1) is 42.8. The number of benzene rings is 8. The Morgan fingerprint density at radius 1 is 0.403 bits per heavy atom. The van der Waals surface area contributed by atoms with Crippen molar-refractivity contribution in [3.05, 3.63) is 204 Å². The maximum Gasteiger partial charge on any atom is 0.252 e. The van der Waals surface area contributed by atoms with Gasteiger partial charge in [0, 0.05) is 56.5 Å². The lowest BCUT2D eigenvalue weighted by Crippen LogP contribution is -2.61. The van der Waals surface area contributed by atoms with Crippen LogP contribution in [-0.2, 0) is 21.7 Å². The molecule has 0 aromatic heterocycles. The number of anilines is 9. The Balaban J connectivity index is 1.27. The monoisotopic (exact) mass is 872 g/mol. The second-order valence-corrected chi connectivity index (χ2v) is 22.7. The molecule has 8 aromatic carbocycles. The molecule has 0 radical (unpaired) electrons. The largest absolute Gasteiger partial charge is 0.311 e. The highest BCUT2D eigenvalue weighted by Gasteiger charge is 2.46. The van der Waals surface area contributed by atoms with E-state index in [9.17, 15) is 0 Å². The predicted octanol–water partition coefficient (Wildman–Crippen LogP) is 15.4. The van der Waals surface area contributed by atoms with Crippen LogP contribution in [0.5, 0.6) is 0 Å². The summed E-state index contributed by atoms with van der Waals surface area (Å²) < 4.78 is 0. The van der Waals surface area contributed by atoms with Crippen LogP contribution in [0.2, 0.25) is 0 Å². The fourth-order valence-electron chi connectivity index (χ4n) is 11.2. The topological polar surface area (TPSA) is 9.72 Å². The van der Waals surface area contributed by atoms with Crippen molar-refractivity contribution in [2.45, 2.75) is 97.8 Å². The molecule has 2 aliphatic heterocycles. The summed E-state index contributed by atoms with van der Waals surface area (Å²) in [5.74, 6) is 0. The normalized spacial score (nSPS) is 14.5. The van der Waals surface area contributed by atoms with Crippen LogP contribution >= 0.6 is 0 Å². The summed E-state index contributed by atoms with van der Waals surface area (Å²) in [6.07, 6.45) is 0. The fraction of sp³-hybridized carbons (Fsp3) is 0.238. The highest BCUT2D eigenvalue weighted by atomic mass is 15.2. The van der Waals surface area contributed by atoms with Crippen LogP contribution < -0.4 is 31.1 Å². The summed E-state index contributed by atoms with van der Waals surface area (Å²) in [5.41, 5.74) is 23.7. The van der Waals surface area contributed by atoms with Crippen LogP contribution in [0.15, 0.2) is 176 Å². The van der Waals surface area contributed by atoms with Crippen molar-refractivity contribution in [2.75, 3.05) is 14.7 Å². The SMILES string of the molecule is CC(C)(C)c1ccc(N2c3ccc(C(C)(C)C)cc3B3c4ccc(N(c5ccccc5)c5ccccc5)cc4N(c4cccc5c4-c4ccccc4C5(C)C)c4cc(C(C)(C)C)cc2c43)cc1. The van der Waals surface area contributed by atoms with Gasteiger partial charge in [-0.2, -0.15) is 0 Å². The van der Waals surface area contributed by atoms with Crippen molar-refractivity contribution < 1.29 is 0 Å². The lowest BCUT2D eigenvalue weighted by molar-refractivity contribution is 0.589. The van der Waals surface area contributed by atoms with Crippen LogP contribution in [0.25, 0.3) is 11.1 Å². The van der Waals surface area contributed by atoms with Gasteiger partial charge in [-0.05, 0) is 139 Å². The number of hydrogen-bond acceptors (Lipinski definition) is 3. The van der Waals surface area contributed by atoms with Gasteiger partial charge in [0.2, 0.25) is 0 Å². The van der Waals surface area contributed by atoms with Crippen molar-refractivity contribution in [2.24, 2.45) is 0 Å². The van der Waals surface area contributed by atoms with E-state index in [0.29, 0.717) is 0 Å². The van der Waals surface area contributed by atoms with Crippen molar-refractivity contribution in [1.29, 1.82) is 0 Å². The van der Waals surface area contributed by atoms with Gasteiger partial charge in [0.15, 0.2) is 0 Å². The molecule has 3 aliphatic rings. The second kappa shape index (κ2) is 15.1. The van der Waals surface area contributed by atoms with Gasteiger partial charge in [-0.3, -0.25) is 0 Å². The molecule has 0 atom stereocenters. The van der Waals surface area contributed by atoms with E-state index in [-0.39, 0.29) is 28.4 Å². The van der Waals surface area contributed by atoms with E-state index in [0.717, 1.165) is 17.1 Å². The van der Waals surface area contributed by atoms with E-state index >= 15 is 0 Å². The van der Waals surface area contributed by atoms with E-state index in [1.807, 2.05) is 0 Å². The first-order valence-corrected chi connectivity index (χ1v) is 24.2. The number of rotatable bonds is 5. The molecular weight excluding hydrogens is 810 g/mol. The van der Waals surface area contributed by atoms with Gasteiger partial charge in [-0.15, -0.1) is 0 Å². The summed E-state index contributed by atoms with van der Waals surface area (Å²) in [6.45, 7) is 25.8. The van der Waals surface area contributed by atoms with Crippen molar-refractivity contribution >= 4 is 74.3 Å². The Kier molecular flexibility index (Phi) is 9.67. The Morgan fingerprint density at radius 3 is 1.60 bits per heavy atom. The highest BCUT2D eigenvalue weighted by molar-refractivity contribution is 7.00. The zero-order valence-corrected chi connectivity index (χ0v) is 41.2. The zero-order valence-electron chi connectivity index (χ0n) is 41.2. The number of nitrogens with zero attached hydrogens (tertiary/aromatic N) is 3. The van der Waals surface area contributed by atoms with E-state index in [2.05, 4.69) is 267 Å². The summed E-state index contributed by atoms with van der Waals surface area (Å²) in [7, 11) is 0. The van der Waals surface area contributed by atoms with Gasteiger partial charge < -0.3 is 14.7 Å².